The van der Waals surface area contributed by atoms with Crippen molar-refractivity contribution in [3.8, 4) is 0 Å². The number of rotatable bonds is 6. The third-order valence-electron chi connectivity index (χ3n) is 5.73. The van der Waals surface area contributed by atoms with E-state index in [1.807, 2.05) is 0 Å². The quantitative estimate of drug-likeness (QED) is 0.570. The Bertz CT molecular complexity index is 399. The third-order valence-corrected chi connectivity index (χ3v) is 5.73. The van der Waals surface area contributed by atoms with Crippen LogP contribution in [0.15, 0.2) is 4.99 Å². The molecule has 0 spiro atoms. The highest BCUT2D eigenvalue weighted by atomic mass is 15.2. The summed E-state index contributed by atoms with van der Waals surface area (Å²) in [5.41, 5.74) is 0. The minimum absolute atomic E-state index is 0.561. The molecule has 5 nitrogen and oxygen atoms in total. The number of nitrogens with one attached hydrogen (secondary N) is 2. The lowest BCUT2D eigenvalue weighted by molar-refractivity contribution is 0.143. The van der Waals surface area contributed by atoms with Crippen molar-refractivity contribution in [1.82, 2.24) is 20.4 Å². The van der Waals surface area contributed by atoms with E-state index >= 15 is 0 Å². The van der Waals surface area contributed by atoms with Gasteiger partial charge in [0.15, 0.2) is 5.96 Å². The zero-order valence-corrected chi connectivity index (χ0v) is 17.2. The minimum atomic E-state index is 0.561. The van der Waals surface area contributed by atoms with Gasteiger partial charge in [0.25, 0.3) is 0 Å². The van der Waals surface area contributed by atoms with Gasteiger partial charge in [-0.3, -0.25) is 4.99 Å². The first-order chi connectivity index (χ1) is 12.0. The minimum Gasteiger partial charge on any atom is -0.357 e. The largest absolute Gasteiger partial charge is 0.357 e. The first-order valence-electron chi connectivity index (χ1n) is 10.5. The van der Waals surface area contributed by atoms with E-state index in [9.17, 15) is 0 Å². The highest BCUT2D eigenvalue weighted by Crippen LogP contribution is 2.18. The molecule has 5 heteroatoms. The van der Waals surface area contributed by atoms with Gasteiger partial charge in [-0.2, -0.15) is 0 Å². The summed E-state index contributed by atoms with van der Waals surface area (Å²) in [5, 5.41) is 7.14. The van der Waals surface area contributed by atoms with Crippen molar-refractivity contribution in [2.24, 2.45) is 10.9 Å². The van der Waals surface area contributed by atoms with Crippen molar-refractivity contribution in [1.29, 1.82) is 0 Å². The Kier molecular flexibility index (Phi) is 8.50. The van der Waals surface area contributed by atoms with E-state index in [1.54, 1.807) is 0 Å². The van der Waals surface area contributed by atoms with E-state index in [4.69, 9.17) is 4.99 Å². The number of guanidine groups is 1. The molecule has 0 saturated carbocycles. The van der Waals surface area contributed by atoms with Crippen LogP contribution in [0.25, 0.3) is 0 Å². The lowest BCUT2D eigenvalue weighted by atomic mass is 9.97. The van der Waals surface area contributed by atoms with Crippen LogP contribution in [0, 0.1) is 5.92 Å². The predicted molar refractivity (Wildman–Crippen MR) is 108 cm³/mol. The lowest BCUT2D eigenvalue weighted by Gasteiger charge is -2.36. The molecule has 0 amide bonds. The molecule has 0 aromatic rings. The number of piperidine rings is 2. The van der Waals surface area contributed by atoms with Gasteiger partial charge in [0.2, 0.25) is 0 Å². The van der Waals surface area contributed by atoms with E-state index in [0.717, 1.165) is 19.0 Å². The van der Waals surface area contributed by atoms with Crippen LogP contribution in [0.5, 0.6) is 0 Å². The summed E-state index contributed by atoms with van der Waals surface area (Å²) in [6, 6.07) is 1.88. The lowest BCUT2D eigenvalue weighted by Crippen LogP contribution is -2.50. The fourth-order valence-electron chi connectivity index (χ4n) is 4.01. The molecule has 2 rings (SSSR count). The zero-order valence-electron chi connectivity index (χ0n) is 17.2. The Morgan fingerprint density at radius 2 is 1.68 bits per heavy atom. The molecular formula is C20H41N5. The second kappa shape index (κ2) is 10.4. The molecule has 146 valence electrons. The second-order valence-electron chi connectivity index (χ2n) is 8.36. The standard InChI is InChI=1S/C20H41N5/c1-6-21-20(23-19-9-12-24(13-10-19)16(2)3)22-14-18-8-7-11-25(15-18)17(4)5/h16-19H,6-15H2,1-5H3,(H2,21,22,23). The van der Waals surface area contributed by atoms with Gasteiger partial charge in [-0.1, -0.05) is 0 Å². The number of hydrogen-bond donors (Lipinski definition) is 2. The zero-order chi connectivity index (χ0) is 18.2. The molecule has 1 atom stereocenters. The first-order valence-corrected chi connectivity index (χ1v) is 10.5. The van der Waals surface area contributed by atoms with Gasteiger partial charge in [-0.25, -0.2) is 0 Å². The average molecular weight is 352 g/mol. The fraction of sp³-hybridized carbons (Fsp3) is 0.950. The summed E-state index contributed by atoms with van der Waals surface area (Å²) >= 11 is 0. The maximum Gasteiger partial charge on any atom is 0.191 e. The molecule has 0 aromatic heterocycles. The number of hydrogen-bond acceptors (Lipinski definition) is 3. The van der Waals surface area contributed by atoms with E-state index in [0.29, 0.717) is 24.0 Å². The van der Waals surface area contributed by atoms with E-state index in [2.05, 4.69) is 55.1 Å². The van der Waals surface area contributed by atoms with Crippen LogP contribution in [0.4, 0.5) is 0 Å². The normalized spacial score (nSPS) is 24.9. The van der Waals surface area contributed by atoms with Crippen LogP contribution in [-0.4, -0.2) is 73.2 Å². The molecule has 2 heterocycles. The molecule has 2 N–H and O–H groups in total. The molecule has 0 radical (unpaired) electrons. The second-order valence-corrected chi connectivity index (χ2v) is 8.36. The van der Waals surface area contributed by atoms with Crippen LogP contribution >= 0.6 is 0 Å². The Balaban J connectivity index is 1.82. The van der Waals surface area contributed by atoms with Crippen molar-refractivity contribution in [2.45, 2.75) is 78.4 Å². The van der Waals surface area contributed by atoms with E-state index in [1.165, 1.54) is 51.9 Å². The molecule has 25 heavy (non-hydrogen) atoms. The molecule has 1 unspecified atom stereocenters. The molecule has 2 fully saturated rings. The Labute approximate surface area is 155 Å². The molecule has 0 aromatic carbocycles. The molecule has 2 aliphatic rings. The summed E-state index contributed by atoms with van der Waals surface area (Å²) in [6.45, 7) is 18.1. The van der Waals surface area contributed by atoms with E-state index in [-0.39, 0.29) is 0 Å². The maximum absolute atomic E-state index is 4.93. The molecular weight excluding hydrogens is 310 g/mol. The SMILES string of the molecule is CCNC(=NCC1CCCN(C(C)C)C1)NC1CCN(C(C)C)CC1. The van der Waals surface area contributed by atoms with Crippen LogP contribution in [-0.2, 0) is 0 Å². The van der Waals surface area contributed by atoms with E-state index < -0.39 is 0 Å². The van der Waals surface area contributed by atoms with Gasteiger partial charge in [0.05, 0.1) is 0 Å². The van der Waals surface area contributed by atoms with Crippen molar-refractivity contribution < 1.29 is 0 Å². The number of likely N-dealkylation sites (tertiary alicyclic amines) is 2. The van der Waals surface area contributed by atoms with Crippen LogP contribution < -0.4 is 10.6 Å². The van der Waals surface area contributed by atoms with Crippen LogP contribution in [0.2, 0.25) is 0 Å². The highest BCUT2D eigenvalue weighted by molar-refractivity contribution is 5.80. The Morgan fingerprint density at radius 1 is 1.00 bits per heavy atom. The van der Waals surface area contributed by atoms with Gasteiger partial charge < -0.3 is 20.4 Å². The highest BCUT2D eigenvalue weighted by Gasteiger charge is 2.23. The topological polar surface area (TPSA) is 42.9 Å². The van der Waals surface area contributed by atoms with Gasteiger partial charge in [0, 0.05) is 50.8 Å². The van der Waals surface area contributed by atoms with Crippen molar-refractivity contribution in [2.75, 3.05) is 39.3 Å². The first kappa shape index (κ1) is 20.5. The average Bonchev–Trinajstić information content (AvgIpc) is 2.60. The van der Waals surface area contributed by atoms with Gasteiger partial charge in [-0.15, -0.1) is 0 Å². The molecule has 2 aliphatic heterocycles. The van der Waals surface area contributed by atoms with Gasteiger partial charge in [-0.05, 0) is 72.8 Å². The smallest absolute Gasteiger partial charge is 0.191 e. The van der Waals surface area contributed by atoms with Crippen molar-refractivity contribution in [3.63, 3.8) is 0 Å². The van der Waals surface area contributed by atoms with Gasteiger partial charge >= 0.3 is 0 Å². The summed E-state index contributed by atoms with van der Waals surface area (Å²) in [5.74, 6) is 1.72. The van der Waals surface area contributed by atoms with Crippen molar-refractivity contribution >= 4 is 5.96 Å². The molecule has 2 saturated heterocycles. The van der Waals surface area contributed by atoms with Gasteiger partial charge in [0.1, 0.15) is 0 Å². The monoisotopic (exact) mass is 351 g/mol. The van der Waals surface area contributed by atoms with Crippen LogP contribution in [0.3, 0.4) is 0 Å². The number of nitrogens with zero attached hydrogens (tertiary/aromatic N) is 3. The number of aliphatic imine (C=N–C) groups is 1. The molecule has 0 bridgehead atoms. The van der Waals surface area contributed by atoms with Crippen molar-refractivity contribution in [3.05, 3.63) is 0 Å². The molecule has 0 aliphatic carbocycles. The summed E-state index contributed by atoms with van der Waals surface area (Å²) < 4.78 is 0. The van der Waals surface area contributed by atoms with Crippen LogP contribution in [0.1, 0.15) is 60.3 Å². The summed E-state index contributed by atoms with van der Waals surface area (Å²) in [6.07, 6.45) is 5.06. The Hall–Kier alpha value is -0.810. The summed E-state index contributed by atoms with van der Waals surface area (Å²) in [4.78, 5) is 10.1. The fourth-order valence-corrected chi connectivity index (χ4v) is 4.01. The third kappa shape index (κ3) is 6.78. The Morgan fingerprint density at radius 3 is 2.28 bits per heavy atom. The predicted octanol–water partition coefficient (Wildman–Crippen LogP) is 2.53. The summed E-state index contributed by atoms with van der Waals surface area (Å²) in [7, 11) is 0. The maximum atomic E-state index is 4.93.